The number of hydrogen-bond acceptors (Lipinski definition) is 5. The number of likely N-dealkylation sites (N-methyl/N-ethyl adjacent to an activating group) is 1. The van der Waals surface area contributed by atoms with Gasteiger partial charge in [0.2, 0.25) is 5.91 Å². The summed E-state index contributed by atoms with van der Waals surface area (Å²) in [6.45, 7) is 5.20. The zero-order chi connectivity index (χ0) is 13.8. The van der Waals surface area contributed by atoms with E-state index in [2.05, 4.69) is 10.2 Å². The average molecular weight is 270 g/mol. The molecule has 0 bridgehead atoms. The van der Waals surface area contributed by atoms with Crippen molar-refractivity contribution in [3.8, 4) is 0 Å². The van der Waals surface area contributed by atoms with Crippen LogP contribution in [0, 0.1) is 0 Å². The average Bonchev–Trinajstić information content (AvgIpc) is 2.39. The maximum atomic E-state index is 12.2. The Balaban J connectivity index is 1.88. The van der Waals surface area contributed by atoms with Crippen LogP contribution in [0.4, 0.5) is 0 Å². The predicted molar refractivity (Wildman–Crippen MR) is 69.9 cm³/mol. The van der Waals surface area contributed by atoms with E-state index < -0.39 is 12.0 Å². The van der Waals surface area contributed by atoms with Crippen molar-refractivity contribution < 1.29 is 14.7 Å². The van der Waals surface area contributed by atoms with Crippen molar-refractivity contribution in [1.29, 1.82) is 0 Å². The SMILES string of the molecule is CN1CCN(C(=O)CN2CCNCC2C(=O)O)CC1. The third-order valence-electron chi connectivity index (χ3n) is 3.83. The van der Waals surface area contributed by atoms with E-state index in [0.717, 1.165) is 32.7 Å². The molecule has 2 saturated heterocycles. The standard InChI is InChI=1S/C12H22N4O3/c1-14-4-6-15(7-5-14)11(17)9-16-3-2-13-8-10(16)12(18)19/h10,13H,2-9H2,1H3,(H,18,19). The van der Waals surface area contributed by atoms with Gasteiger partial charge in [-0.15, -0.1) is 0 Å². The van der Waals surface area contributed by atoms with Gasteiger partial charge in [0.1, 0.15) is 6.04 Å². The van der Waals surface area contributed by atoms with Crippen LogP contribution in [0.15, 0.2) is 0 Å². The van der Waals surface area contributed by atoms with Crippen molar-refractivity contribution in [2.45, 2.75) is 6.04 Å². The zero-order valence-corrected chi connectivity index (χ0v) is 11.3. The van der Waals surface area contributed by atoms with Gasteiger partial charge >= 0.3 is 5.97 Å². The highest BCUT2D eigenvalue weighted by molar-refractivity contribution is 5.80. The molecule has 2 N–H and O–H groups in total. The predicted octanol–water partition coefficient (Wildman–Crippen LogP) is -1.88. The third-order valence-corrected chi connectivity index (χ3v) is 3.83. The lowest BCUT2D eigenvalue weighted by molar-refractivity contribution is -0.145. The number of nitrogens with zero attached hydrogens (tertiary/aromatic N) is 3. The fourth-order valence-corrected chi connectivity index (χ4v) is 2.51. The summed E-state index contributed by atoms with van der Waals surface area (Å²) >= 11 is 0. The summed E-state index contributed by atoms with van der Waals surface area (Å²) in [5, 5.41) is 12.2. The van der Waals surface area contributed by atoms with E-state index in [4.69, 9.17) is 5.11 Å². The summed E-state index contributed by atoms with van der Waals surface area (Å²) < 4.78 is 0. The quantitative estimate of drug-likeness (QED) is 0.625. The number of carbonyl (C=O) groups is 2. The molecule has 0 aliphatic carbocycles. The number of nitrogens with one attached hydrogen (secondary N) is 1. The minimum Gasteiger partial charge on any atom is -0.480 e. The van der Waals surface area contributed by atoms with Crippen molar-refractivity contribution >= 4 is 11.9 Å². The first kappa shape index (κ1) is 14.2. The number of carbonyl (C=O) groups excluding carboxylic acids is 1. The molecule has 0 aromatic heterocycles. The van der Waals surface area contributed by atoms with Crippen LogP contribution in [0.3, 0.4) is 0 Å². The number of carboxylic acid groups (broad SMARTS) is 1. The third kappa shape index (κ3) is 3.65. The van der Waals surface area contributed by atoms with Crippen molar-refractivity contribution in [3.05, 3.63) is 0 Å². The monoisotopic (exact) mass is 270 g/mol. The second-order valence-electron chi connectivity index (χ2n) is 5.21. The van der Waals surface area contributed by atoms with Crippen LogP contribution in [0.2, 0.25) is 0 Å². The van der Waals surface area contributed by atoms with Gasteiger partial charge in [0, 0.05) is 45.8 Å². The van der Waals surface area contributed by atoms with Gasteiger partial charge in [0.05, 0.1) is 6.54 Å². The van der Waals surface area contributed by atoms with Crippen LogP contribution in [-0.2, 0) is 9.59 Å². The molecule has 19 heavy (non-hydrogen) atoms. The number of piperazine rings is 2. The molecule has 7 heteroatoms. The van der Waals surface area contributed by atoms with Crippen LogP contribution >= 0.6 is 0 Å². The Morgan fingerprint density at radius 2 is 1.89 bits per heavy atom. The maximum Gasteiger partial charge on any atom is 0.322 e. The van der Waals surface area contributed by atoms with Crippen molar-refractivity contribution in [1.82, 2.24) is 20.0 Å². The minimum absolute atomic E-state index is 0.0428. The zero-order valence-electron chi connectivity index (χ0n) is 11.3. The molecule has 0 radical (unpaired) electrons. The molecule has 0 spiro atoms. The molecule has 108 valence electrons. The smallest absolute Gasteiger partial charge is 0.322 e. The number of hydrogen-bond donors (Lipinski definition) is 2. The van der Waals surface area contributed by atoms with Gasteiger partial charge in [-0.1, -0.05) is 0 Å². The van der Waals surface area contributed by atoms with Crippen molar-refractivity contribution in [2.75, 3.05) is 59.4 Å². The van der Waals surface area contributed by atoms with Gasteiger partial charge in [-0.2, -0.15) is 0 Å². The normalized spacial score (nSPS) is 26.4. The molecule has 1 amide bonds. The Morgan fingerprint density at radius 3 is 2.53 bits per heavy atom. The highest BCUT2D eigenvalue weighted by Gasteiger charge is 2.31. The van der Waals surface area contributed by atoms with E-state index in [-0.39, 0.29) is 12.5 Å². The summed E-state index contributed by atoms with van der Waals surface area (Å²) in [5.41, 5.74) is 0. The second kappa shape index (κ2) is 6.31. The molecule has 7 nitrogen and oxygen atoms in total. The minimum atomic E-state index is -0.863. The molecule has 2 aliphatic rings. The van der Waals surface area contributed by atoms with Gasteiger partial charge in [-0.05, 0) is 7.05 Å². The fraction of sp³-hybridized carbons (Fsp3) is 0.833. The van der Waals surface area contributed by atoms with E-state index >= 15 is 0 Å². The van der Waals surface area contributed by atoms with Crippen LogP contribution < -0.4 is 5.32 Å². The Labute approximate surface area is 113 Å². The van der Waals surface area contributed by atoms with E-state index in [0.29, 0.717) is 13.1 Å². The molecule has 0 aromatic carbocycles. The fourth-order valence-electron chi connectivity index (χ4n) is 2.51. The Kier molecular flexibility index (Phi) is 4.73. The molecule has 1 unspecified atom stereocenters. The van der Waals surface area contributed by atoms with E-state index in [9.17, 15) is 9.59 Å². The number of rotatable bonds is 3. The number of aliphatic carboxylic acids is 1. The first-order valence-corrected chi connectivity index (χ1v) is 6.72. The summed E-state index contributed by atoms with van der Waals surface area (Å²) in [5.74, 6) is -0.820. The van der Waals surface area contributed by atoms with Gasteiger partial charge in [0.15, 0.2) is 0 Å². The van der Waals surface area contributed by atoms with Gasteiger partial charge in [0.25, 0.3) is 0 Å². The maximum absolute atomic E-state index is 12.2. The lowest BCUT2D eigenvalue weighted by Crippen LogP contribution is -2.58. The lowest BCUT2D eigenvalue weighted by Gasteiger charge is -2.37. The molecule has 2 fully saturated rings. The highest BCUT2D eigenvalue weighted by Crippen LogP contribution is 2.06. The first-order chi connectivity index (χ1) is 9.08. The van der Waals surface area contributed by atoms with Crippen LogP contribution in [0.1, 0.15) is 0 Å². The largest absolute Gasteiger partial charge is 0.480 e. The van der Waals surface area contributed by atoms with E-state index in [1.165, 1.54) is 0 Å². The lowest BCUT2D eigenvalue weighted by atomic mass is 10.2. The molecular formula is C12H22N4O3. The van der Waals surface area contributed by atoms with Crippen LogP contribution in [-0.4, -0.2) is 97.1 Å². The number of amides is 1. The van der Waals surface area contributed by atoms with Gasteiger partial charge in [-0.3, -0.25) is 14.5 Å². The molecule has 2 heterocycles. The highest BCUT2D eigenvalue weighted by atomic mass is 16.4. The van der Waals surface area contributed by atoms with E-state index in [1.807, 2.05) is 11.9 Å². The Morgan fingerprint density at radius 1 is 1.21 bits per heavy atom. The molecule has 0 aromatic rings. The molecule has 2 rings (SSSR count). The summed E-state index contributed by atoms with van der Waals surface area (Å²) in [7, 11) is 2.04. The number of carboxylic acids is 1. The Bertz CT molecular complexity index is 342. The van der Waals surface area contributed by atoms with Crippen LogP contribution in [0.25, 0.3) is 0 Å². The van der Waals surface area contributed by atoms with Gasteiger partial charge in [-0.25, -0.2) is 0 Å². The second-order valence-corrected chi connectivity index (χ2v) is 5.21. The summed E-state index contributed by atoms with van der Waals surface area (Å²) in [4.78, 5) is 29.1. The van der Waals surface area contributed by atoms with Crippen molar-refractivity contribution in [2.24, 2.45) is 0 Å². The molecule has 2 aliphatic heterocycles. The van der Waals surface area contributed by atoms with Crippen LogP contribution in [0.5, 0.6) is 0 Å². The van der Waals surface area contributed by atoms with E-state index in [1.54, 1.807) is 4.90 Å². The van der Waals surface area contributed by atoms with Gasteiger partial charge < -0.3 is 20.2 Å². The molecular weight excluding hydrogens is 248 g/mol. The summed E-state index contributed by atoms with van der Waals surface area (Å²) in [6, 6.07) is -0.592. The molecule has 1 atom stereocenters. The molecule has 0 saturated carbocycles. The first-order valence-electron chi connectivity index (χ1n) is 6.72. The Hall–Kier alpha value is -1.18. The summed E-state index contributed by atoms with van der Waals surface area (Å²) in [6.07, 6.45) is 0. The topological polar surface area (TPSA) is 76.1 Å². The van der Waals surface area contributed by atoms with Crippen molar-refractivity contribution in [3.63, 3.8) is 0 Å².